The molecule has 3 heteroatoms. The van der Waals surface area contributed by atoms with E-state index in [0.717, 1.165) is 11.8 Å². The van der Waals surface area contributed by atoms with Crippen molar-refractivity contribution in [2.24, 2.45) is 11.8 Å². The standard InChI is InChI=1S/C12H24OSi2/c1-14(2,3)12-8-9-6-10(12)11(7-9)13-15(12,4)5/h9-11H,6-8H2,1-5H3/t9-,10-,11-,12+/m0/s1. The van der Waals surface area contributed by atoms with Gasteiger partial charge >= 0.3 is 0 Å². The Balaban J connectivity index is 2.13. The van der Waals surface area contributed by atoms with Gasteiger partial charge in [-0.2, -0.15) is 0 Å². The van der Waals surface area contributed by atoms with Gasteiger partial charge in [0.15, 0.2) is 8.32 Å². The van der Waals surface area contributed by atoms with Crippen molar-refractivity contribution in [3.8, 4) is 0 Å². The van der Waals surface area contributed by atoms with E-state index in [0.29, 0.717) is 10.8 Å². The third-order valence-corrected chi connectivity index (χ3v) is 16.6. The van der Waals surface area contributed by atoms with Gasteiger partial charge in [0.1, 0.15) is 0 Å². The molecule has 15 heavy (non-hydrogen) atoms. The molecule has 0 aromatic rings. The van der Waals surface area contributed by atoms with E-state index in [1.807, 2.05) is 0 Å². The molecule has 2 aliphatic carbocycles. The van der Waals surface area contributed by atoms with Crippen LogP contribution in [0.2, 0.25) is 37.4 Å². The first-order valence-electron chi connectivity index (χ1n) is 6.46. The van der Waals surface area contributed by atoms with E-state index in [1.54, 1.807) is 0 Å². The lowest BCUT2D eigenvalue weighted by Gasteiger charge is -2.48. The van der Waals surface area contributed by atoms with Crippen LogP contribution in [0.15, 0.2) is 0 Å². The van der Waals surface area contributed by atoms with Crippen LogP contribution in [0.3, 0.4) is 0 Å². The molecule has 0 aromatic carbocycles. The minimum Gasteiger partial charge on any atom is -0.414 e. The maximum absolute atomic E-state index is 6.53. The molecule has 2 saturated carbocycles. The topological polar surface area (TPSA) is 9.23 Å². The largest absolute Gasteiger partial charge is 0.414 e. The minimum absolute atomic E-state index is 0.678. The van der Waals surface area contributed by atoms with Gasteiger partial charge in [0.25, 0.3) is 0 Å². The summed E-state index contributed by atoms with van der Waals surface area (Å²) in [4.78, 5) is 0. The van der Waals surface area contributed by atoms with Crippen LogP contribution < -0.4 is 0 Å². The van der Waals surface area contributed by atoms with E-state index < -0.39 is 16.4 Å². The van der Waals surface area contributed by atoms with E-state index in [2.05, 4.69) is 32.7 Å². The van der Waals surface area contributed by atoms with Crippen LogP contribution in [0.1, 0.15) is 19.3 Å². The molecule has 0 radical (unpaired) electrons. The van der Waals surface area contributed by atoms with Gasteiger partial charge in [0, 0.05) is 6.10 Å². The van der Waals surface area contributed by atoms with Gasteiger partial charge in [-0.3, -0.25) is 0 Å². The van der Waals surface area contributed by atoms with Crippen molar-refractivity contribution in [1.82, 2.24) is 0 Å². The van der Waals surface area contributed by atoms with Crippen LogP contribution in [0, 0.1) is 11.8 Å². The summed E-state index contributed by atoms with van der Waals surface area (Å²) in [6, 6.07) is 0. The molecule has 1 nitrogen and oxygen atoms in total. The molecular formula is C12H24OSi2. The lowest BCUT2D eigenvalue weighted by molar-refractivity contribution is 0.182. The fraction of sp³-hybridized carbons (Fsp3) is 1.00. The highest BCUT2D eigenvalue weighted by Crippen LogP contribution is 2.73. The second kappa shape index (κ2) is 2.62. The van der Waals surface area contributed by atoms with Crippen LogP contribution in [0.5, 0.6) is 0 Å². The Morgan fingerprint density at radius 1 is 1.20 bits per heavy atom. The van der Waals surface area contributed by atoms with Crippen LogP contribution in [-0.4, -0.2) is 22.5 Å². The molecule has 2 bridgehead atoms. The molecule has 86 valence electrons. The Kier molecular flexibility index (Phi) is 1.84. The maximum Gasteiger partial charge on any atom is 0.191 e. The first-order valence-corrected chi connectivity index (χ1v) is 12.9. The summed E-state index contributed by atoms with van der Waals surface area (Å²) in [5.41, 5.74) is 0. The van der Waals surface area contributed by atoms with Crippen molar-refractivity contribution < 1.29 is 4.43 Å². The molecule has 0 spiro atoms. The Morgan fingerprint density at radius 2 is 1.87 bits per heavy atom. The Bertz CT molecular complexity index is 307. The Hall–Kier alpha value is 0.394. The number of fused-ring (bicyclic) bond motifs is 1. The molecule has 0 aromatic heterocycles. The Morgan fingerprint density at radius 3 is 2.33 bits per heavy atom. The van der Waals surface area contributed by atoms with E-state index in [9.17, 15) is 0 Å². The second-order valence-electron chi connectivity index (χ2n) is 7.54. The highest BCUT2D eigenvalue weighted by molar-refractivity contribution is 6.97. The molecule has 0 N–H and O–H groups in total. The Labute approximate surface area is 95.7 Å². The van der Waals surface area contributed by atoms with Gasteiger partial charge in [0.2, 0.25) is 0 Å². The number of rotatable bonds is 1. The smallest absolute Gasteiger partial charge is 0.191 e. The third kappa shape index (κ3) is 1.03. The van der Waals surface area contributed by atoms with Crippen LogP contribution in [0.25, 0.3) is 0 Å². The third-order valence-electron chi connectivity index (χ3n) is 5.70. The number of hydrogen-bond donors (Lipinski definition) is 0. The average Bonchev–Trinajstić information content (AvgIpc) is 2.58. The molecule has 0 amide bonds. The lowest BCUT2D eigenvalue weighted by atomic mass is 9.96. The van der Waals surface area contributed by atoms with E-state index in [4.69, 9.17) is 4.43 Å². The molecular weight excluding hydrogens is 216 g/mol. The van der Waals surface area contributed by atoms with Crippen LogP contribution in [0.4, 0.5) is 0 Å². The predicted octanol–water partition coefficient (Wildman–Crippen LogP) is 3.64. The highest BCUT2D eigenvalue weighted by atomic mass is 28.4. The summed E-state index contributed by atoms with van der Waals surface area (Å²) < 4.78 is 7.25. The minimum atomic E-state index is -1.42. The summed E-state index contributed by atoms with van der Waals surface area (Å²) in [6.07, 6.45) is 5.11. The first-order chi connectivity index (χ1) is 6.78. The quantitative estimate of drug-likeness (QED) is 0.636. The molecule has 0 unspecified atom stereocenters. The van der Waals surface area contributed by atoms with Crippen molar-refractivity contribution in [1.29, 1.82) is 0 Å². The van der Waals surface area contributed by atoms with Gasteiger partial charge in [-0.1, -0.05) is 19.6 Å². The van der Waals surface area contributed by atoms with Crippen molar-refractivity contribution in [2.75, 3.05) is 0 Å². The van der Waals surface area contributed by atoms with Crippen molar-refractivity contribution in [3.63, 3.8) is 0 Å². The van der Waals surface area contributed by atoms with Crippen LogP contribution in [-0.2, 0) is 4.43 Å². The summed E-state index contributed by atoms with van der Waals surface area (Å²) >= 11 is 0. The molecule has 3 aliphatic rings. The average molecular weight is 240 g/mol. The summed E-state index contributed by atoms with van der Waals surface area (Å²) in [5.74, 6) is 2.00. The summed E-state index contributed by atoms with van der Waals surface area (Å²) in [7, 11) is -2.50. The van der Waals surface area contributed by atoms with E-state index >= 15 is 0 Å². The second-order valence-corrected chi connectivity index (χ2v) is 17.6. The van der Waals surface area contributed by atoms with Gasteiger partial charge < -0.3 is 4.43 Å². The van der Waals surface area contributed by atoms with E-state index in [1.165, 1.54) is 19.3 Å². The van der Waals surface area contributed by atoms with E-state index in [-0.39, 0.29) is 0 Å². The molecule has 3 rings (SSSR count). The SMILES string of the molecule is C[Si](C)(C)[C@]12C[C@@H]3C[C@H](O[Si]1(C)C)[C@@H]2C3. The molecule has 1 saturated heterocycles. The fourth-order valence-corrected chi connectivity index (χ4v) is 18.4. The summed E-state index contributed by atoms with van der Waals surface area (Å²) in [6.45, 7) is 12.8. The van der Waals surface area contributed by atoms with Crippen molar-refractivity contribution in [2.45, 2.75) is 62.8 Å². The zero-order valence-corrected chi connectivity index (χ0v) is 12.8. The highest BCUT2D eigenvalue weighted by Gasteiger charge is 2.73. The lowest BCUT2D eigenvalue weighted by Crippen LogP contribution is -2.55. The monoisotopic (exact) mass is 240 g/mol. The summed E-state index contributed by atoms with van der Waals surface area (Å²) in [5, 5.41) is 0. The molecule has 1 aliphatic heterocycles. The van der Waals surface area contributed by atoms with Gasteiger partial charge in [0.05, 0.1) is 8.07 Å². The molecule has 4 atom stereocenters. The maximum atomic E-state index is 6.53. The fourth-order valence-electron chi connectivity index (χ4n) is 5.46. The van der Waals surface area contributed by atoms with Gasteiger partial charge in [-0.05, 0) is 48.9 Å². The predicted molar refractivity (Wildman–Crippen MR) is 69.2 cm³/mol. The first kappa shape index (κ1) is 10.5. The van der Waals surface area contributed by atoms with Gasteiger partial charge in [-0.15, -0.1) is 0 Å². The normalized spacial score (nSPS) is 51.4. The van der Waals surface area contributed by atoms with Crippen LogP contribution >= 0.6 is 0 Å². The molecule has 3 fully saturated rings. The molecule has 1 heterocycles. The number of hydrogen-bond acceptors (Lipinski definition) is 1. The zero-order chi connectivity index (χ0) is 11.1. The van der Waals surface area contributed by atoms with Gasteiger partial charge in [-0.25, -0.2) is 0 Å². The van der Waals surface area contributed by atoms with Crippen molar-refractivity contribution in [3.05, 3.63) is 0 Å². The van der Waals surface area contributed by atoms with Crippen molar-refractivity contribution >= 4 is 16.4 Å². The zero-order valence-electron chi connectivity index (χ0n) is 10.8.